The Kier molecular flexibility index (Phi) is 5.41. The molecule has 0 radical (unpaired) electrons. The molecule has 0 saturated heterocycles. The van der Waals surface area contributed by atoms with Gasteiger partial charge in [0.15, 0.2) is 5.16 Å². The van der Waals surface area contributed by atoms with Gasteiger partial charge in [0.05, 0.1) is 23.9 Å². The number of hydrogen-bond donors (Lipinski definition) is 2. The molecule has 0 aliphatic heterocycles. The maximum atomic E-state index is 12.6. The minimum Gasteiger partial charge on any atom is -0.495 e. The first-order chi connectivity index (χ1) is 13.5. The molecule has 6 nitrogen and oxygen atoms in total. The normalized spacial score (nSPS) is 13.4. The highest BCUT2D eigenvalue weighted by Gasteiger charge is 2.20. The van der Waals surface area contributed by atoms with Crippen LogP contribution in [0.15, 0.2) is 28.2 Å². The van der Waals surface area contributed by atoms with Crippen molar-refractivity contribution in [2.45, 2.75) is 37.8 Å². The van der Waals surface area contributed by atoms with E-state index in [9.17, 15) is 9.59 Å². The van der Waals surface area contributed by atoms with Crippen LogP contribution in [0.25, 0.3) is 10.2 Å². The van der Waals surface area contributed by atoms with Crippen LogP contribution in [0.1, 0.15) is 28.8 Å². The van der Waals surface area contributed by atoms with Gasteiger partial charge in [-0.2, -0.15) is 0 Å². The minimum atomic E-state index is -0.179. The van der Waals surface area contributed by atoms with Crippen molar-refractivity contribution in [3.05, 3.63) is 44.6 Å². The third kappa shape index (κ3) is 3.79. The van der Waals surface area contributed by atoms with E-state index in [0.717, 1.165) is 35.0 Å². The summed E-state index contributed by atoms with van der Waals surface area (Å²) in [6.45, 7) is 1.95. The van der Waals surface area contributed by atoms with Gasteiger partial charge in [-0.05, 0) is 55.9 Å². The molecule has 0 atom stereocenters. The van der Waals surface area contributed by atoms with Gasteiger partial charge in [-0.25, -0.2) is 4.98 Å². The van der Waals surface area contributed by atoms with E-state index in [2.05, 4.69) is 15.3 Å². The van der Waals surface area contributed by atoms with Gasteiger partial charge in [-0.3, -0.25) is 9.59 Å². The summed E-state index contributed by atoms with van der Waals surface area (Å²) >= 11 is 2.84. The fourth-order valence-corrected chi connectivity index (χ4v) is 5.43. The molecule has 2 heterocycles. The Morgan fingerprint density at radius 3 is 3.00 bits per heavy atom. The summed E-state index contributed by atoms with van der Waals surface area (Å²) < 4.78 is 5.29. The number of nitrogens with one attached hydrogen (secondary N) is 2. The zero-order valence-electron chi connectivity index (χ0n) is 15.8. The lowest BCUT2D eigenvalue weighted by Gasteiger charge is -2.11. The van der Waals surface area contributed by atoms with Crippen LogP contribution in [0.3, 0.4) is 0 Å². The molecule has 0 spiro atoms. The Morgan fingerprint density at radius 2 is 2.18 bits per heavy atom. The Bertz CT molecular complexity index is 1100. The van der Waals surface area contributed by atoms with Crippen LogP contribution in [0, 0.1) is 6.92 Å². The third-order valence-corrected chi connectivity index (χ3v) is 6.83. The van der Waals surface area contributed by atoms with Crippen LogP contribution >= 0.6 is 23.1 Å². The highest BCUT2D eigenvalue weighted by Crippen LogP contribution is 2.34. The average molecular weight is 416 g/mol. The Balaban J connectivity index is 1.49. The molecule has 1 aliphatic carbocycles. The average Bonchev–Trinajstić information content (AvgIpc) is 3.05. The predicted octanol–water partition coefficient (Wildman–Crippen LogP) is 3.91. The van der Waals surface area contributed by atoms with Crippen LogP contribution in [0.4, 0.5) is 5.69 Å². The SMILES string of the molecule is COc1ccc(C)cc1NC(=O)CSc1nc2sc3c(c2c(=O)[nH]1)CCCC3. The number of anilines is 1. The molecule has 0 unspecified atom stereocenters. The number of aromatic amines is 1. The number of rotatable bonds is 5. The van der Waals surface area contributed by atoms with E-state index in [-0.39, 0.29) is 17.2 Å². The van der Waals surface area contributed by atoms with Gasteiger partial charge in [0.25, 0.3) is 5.56 Å². The second-order valence-corrected chi connectivity index (χ2v) is 8.85. The summed E-state index contributed by atoms with van der Waals surface area (Å²) in [7, 11) is 1.57. The summed E-state index contributed by atoms with van der Waals surface area (Å²) in [5.41, 5.74) is 2.73. The molecule has 2 N–H and O–H groups in total. The van der Waals surface area contributed by atoms with Gasteiger partial charge in [0.1, 0.15) is 10.6 Å². The molecular weight excluding hydrogens is 394 g/mol. The number of benzene rings is 1. The first-order valence-corrected chi connectivity index (χ1v) is 11.0. The lowest BCUT2D eigenvalue weighted by molar-refractivity contribution is -0.113. The van der Waals surface area contributed by atoms with Gasteiger partial charge >= 0.3 is 0 Å². The van der Waals surface area contributed by atoms with E-state index in [1.54, 1.807) is 18.4 Å². The first-order valence-electron chi connectivity index (χ1n) is 9.17. The number of aryl methyl sites for hydroxylation is 3. The molecule has 8 heteroatoms. The van der Waals surface area contributed by atoms with Crippen molar-refractivity contribution in [3.63, 3.8) is 0 Å². The molecule has 0 saturated carbocycles. The predicted molar refractivity (Wildman–Crippen MR) is 114 cm³/mol. The number of thiophene rings is 1. The monoisotopic (exact) mass is 415 g/mol. The molecule has 2 aromatic heterocycles. The number of ether oxygens (including phenoxy) is 1. The van der Waals surface area contributed by atoms with Crippen molar-refractivity contribution in [2.75, 3.05) is 18.2 Å². The third-order valence-electron chi connectivity index (χ3n) is 4.77. The summed E-state index contributed by atoms with van der Waals surface area (Å²) in [4.78, 5) is 34.4. The lowest BCUT2D eigenvalue weighted by Crippen LogP contribution is -2.16. The molecule has 146 valence electrons. The smallest absolute Gasteiger partial charge is 0.260 e. The number of H-pyrrole nitrogens is 1. The Morgan fingerprint density at radius 1 is 1.36 bits per heavy atom. The Labute approximate surface area is 170 Å². The van der Waals surface area contributed by atoms with Crippen molar-refractivity contribution >= 4 is 44.9 Å². The number of hydrogen-bond acceptors (Lipinski definition) is 6. The summed E-state index contributed by atoms with van der Waals surface area (Å²) in [6.07, 6.45) is 4.27. The van der Waals surface area contributed by atoms with Crippen molar-refractivity contribution in [1.29, 1.82) is 0 Å². The number of carbonyl (C=O) groups excluding carboxylic acids is 1. The van der Waals surface area contributed by atoms with Gasteiger partial charge in [0.2, 0.25) is 5.91 Å². The first kappa shape index (κ1) is 19.0. The van der Waals surface area contributed by atoms with Gasteiger partial charge in [-0.1, -0.05) is 17.8 Å². The van der Waals surface area contributed by atoms with Crippen molar-refractivity contribution in [3.8, 4) is 5.75 Å². The number of methoxy groups -OCH3 is 1. The molecule has 1 amide bonds. The van der Waals surface area contributed by atoms with Crippen molar-refractivity contribution in [2.24, 2.45) is 0 Å². The number of thioether (sulfide) groups is 1. The molecule has 1 aromatic carbocycles. The lowest BCUT2D eigenvalue weighted by atomic mass is 9.97. The van der Waals surface area contributed by atoms with Crippen LogP contribution < -0.4 is 15.6 Å². The van der Waals surface area contributed by atoms with Gasteiger partial charge in [-0.15, -0.1) is 11.3 Å². The van der Waals surface area contributed by atoms with Crippen LogP contribution in [0.2, 0.25) is 0 Å². The van der Waals surface area contributed by atoms with Crippen LogP contribution in [0.5, 0.6) is 5.75 Å². The van der Waals surface area contributed by atoms with E-state index in [1.165, 1.54) is 28.6 Å². The summed E-state index contributed by atoms with van der Waals surface area (Å²) in [5, 5.41) is 4.07. The molecule has 28 heavy (non-hydrogen) atoms. The number of nitrogens with zero attached hydrogens (tertiary/aromatic N) is 1. The minimum absolute atomic E-state index is 0.104. The van der Waals surface area contributed by atoms with Crippen LogP contribution in [-0.2, 0) is 17.6 Å². The standard InChI is InChI=1S/C20H21N3O3S2/c1-11-7-8-14(26-2)13(9-11)21-16(24)10-27-20-22-18(25)17-12-5-3-4-6-15(12)28-19(17)23-20/h7-9H,3-6,10H2,1-2H3,(H,21,24)(H,22,23,25). The number of aromatic nitrogens is 2. The van der Waals surface area contributed by atoms with E-state index >= 15 is 0 Å². The second-order valence-electron chi connectivity index (χ2n) is 6.80. The zero-order chi connectivity index (χ0) is 19.7. The quantitative estimate of drug-likeness (QED) is 0.488. The summed E-state index contributed by atoms with van der Waals surface area (Å²) in [5.74, 6) is 0.583. The van der Waals surface area contributed by atoms with Crippen molar-refractivity contribution < 1.29 is 9.53 Å². The largest absolute Gasteiger partial charge is 0.495 e. The van der Waals surface area contributed by atoms with E-state index in [1.807, 2.05) is 25.1 Å². The van der Waals surface area contributed by atoms with E-state index in [4.69, 9.17) is 4.74 Å². The molecule has 4 rings (SSSR count). The topological polar surface area (TPSA) is 84.1 Å². The van der Waals surface area contributed by atoms with E-state index < -0.39 is 0 Å². The van der Waals surface area contributed by atoms with E-state index in [0.29, 0.717) is 16.6 Å². The highest BCUT2D eigenvalue weighted by atomic mass is 32.2. The summed E-state index contributed by atoms with van der Waals surface area (Å²) in [6, 6.07) is 5.61. The second kappa shape index (κ2) is 7.97. The maximum Gasteiger partial charge on any atom is 0.260 e. The number of carbonyl (C=O) groups is 1. The Hall–Kier alpha value is -2.32. The fraction of sp³-hybridized carbons (Fsp3) is 0.350. The number of fused-ring (bicyclic) bond motifs is 3. The molecule has 3 aromatic rings. The van der Waals surface area contributed by atoms with Crippen molar-refractivity contribution in [1.82, 2.24) is 9.97 Å². The van der Waals surface area contributed by atoms with Gasteiger partial charge < -0.3 is 15.0 Å². The maximum absolute atomic E-state index is 12.6. The molecule has 1 aliphatic rings. The van der Waals surface area contributed by atoms with Crippen LogP contribution in [-0.4, -0.2) is 28.7 Å². The zero-order valence-corrected chi connectivity index (χ0v) is 17.4. The molecule has 0 bridgehead atoms. The fourth-order valence-electron chi connectivity index (χ4n) is 3.45. The molecular formula is C20H21N3O3S2. The molecule has 0 fully saturated rings. The number of amides is 1. The van der Waals surface area contributed by atoms with Gasteiger partial charge in [0, 0.05) is 4.88 Å². The highest BCUT2D eigenvalue weighted by molar-refractivity contribution is 7.99.